The third-order valence-electron chi connectivity index (χ3n) is 9.23. The quantitative estimate of drug-likeness (QED) is 0.139. The number of hydrogen-bond acceptors (Lipinski definition) is 5. The highest BCUT2D eigenvalue weighted by molar-refractivity contribution is 5.94. The van der Waals surface area contributed by atoms with Crippen LogP contribution in [0.1, 0.15) is 61.8 Å². The minimum Gasteiger partial charge on any atom is -0.455 e. The lowest BCUT2D eigenvalue weighted by molar-refractivity contribution is -0.137. The molecule has 1 unspecified atom stereocenters. The molecule has 3 N–H and O–H groups in total. The highest BCUT2D eigenvalue weighted by Crippen LogP contribution is 2.42. The van der Waals surface area contributed by atoms with Gasteiger partial charge in [0.15, 0.2) is 0 Å². The highest BCUT2D eigenvalue weighted by atomic mass is 16.5. The van der Waals surface area contributed by atoms with Crippen LogP contribution in [0.4, 0.5) is 0 Å². The average Bonchev–Trinajstić information content (AvgIpc) is 3.69. The summed E-state index contributed by atoms with van der Waals surface area (Å²) < 4.78 is 5.96. The molecule has 2 aliphatic heterocycles. The van der Waals surface area contributed by atoms with Crippen LogP contribution in [0.2, 0.25) is 0 Å². The Balaban J connectivity index is 1.33. The molecule has 2 saturated heterocycles. The number of aliphatic imine (C=N–C) groups is 1. The SMILES string of the molecule is Cc1cc(C)cc(-c2[nH]c3ccc(C(C)(C)C(=O)N4C5CCC4CC5)cc3c2CCNC(N=C=N)Oc2ccccc2)c1. The van der Waals surface area contributed by atoms with E-state index in [2.05, 4.69) is 90.3 Å². The van der Waals surface area contributed by atoms with Gasteiger partial charge in [-0.05, 0) is 113 Å². The van der Waals surface area contributed by atoms with Crippen LogP contribution in [0.5, 0.6) is 5.75 Å². The second kappa shape index (κ2) is 11.8. The van der Waals surface area contributed by atoms with Crippen molar-refractivity contribution in [2.75, 3.05) is 6.54 Å². The molecule has 2 aliphatic rings. The summed E-state index contributed by atoms with van der Waals surface area (Å²) in [6.45, 7) is 8.97. The molecule has 1 amide bonds. The van der Waals surface area contributed by atoms with Crippen molar-refractivity contribution >= 4 is 22.8 Å². The number of carbonyl (C=O) groups excluding carboxylic acids is 1. The van der Waals surface area contributed by atoms with Gasteiger partial charge in [-0.2, -0.15) is 4.99 Å². The van der Waals surface area contributed by atoms with Crippen molar-refractivity contribution in [3.63, 3.8) is 0 Å². The first-order chi connectivity index (χ1) is 20.7. The second-order valence-corrected chi connectivity index (χ2v) is 12.6. The molecular formula is C36H41N5O2. The number of hydrogen-bond donors (Lipinski definition) is 3. The number of benzene rings is 3. The first kappa shape index (κ1) is 28.9. The van der Waals surface area contributed by atoms with Gasteiger partial charge in [-0.3, -0.25) is 10.1 Å². The fraction of sp³-hybridized carbons (Fsp3) is 0.389. The van der Waals surface area contributed by atoms with Gasteiger partial charge < -0.3 is 14.6 Å². The third kappa shape index (κ3) is 5.75. The molecule has 4 aromatic rings. The molecule has 7 heteroatoms. The number of fused-ring (bicyclic) bond motifs is 3. The number of nitrogens with one attached hydrogen (secondary N) is 3. The van der Waals surface area contributed by atoms with Crippen LogP contribution in [0, 0.1) is 19.3 Å². The van der Waals surface area contributed by atoms with E-state index in [0.717, 1.165) is 53.4 Å². The molecule has 3 aromatic carbocycles. The smallest absolute Gasteiger partial charge is 0.256 e. The van der Waals surface area contributed by atoms with Gasteiger partial charge in [-0.1, -0.05) is 41.5 Å². The van der Waals surface area contributed by atoms with Crippen LogP contribution < -0.4 is 10.1 Å². The van der Waals surface area contributed by atoms with E-state index < -0.39 is 11.8 Å². The predicted molar refractivity (Wildman–Crippen MR) is 172 cm³/mol. The Labute approximate surface area is 253 Å². The zero-order valence-corrected chi connectivity index (χ0v) is 25.5. The van der Waals surface area contributed by atoms with Crippen LogP contribution in [0.15, 0.2) is 71.7 Å². The van der Waals surface area contributed by atoms with E-state index in [-0.39, 0.29) is 5.91 Å². The van der Waals surface area contributed by atoms with E-state index in [1.807, 2.05) is 30.3 Å². The number of ether oxygens (including phenoxy) is 1. The summed E-state index contributed by atoms with van der Waals surface area (Å²) in [5.41, 5.74) is 7.28. The molecule has 0 radical (unpaired) electrons. The Hall–Kier alpha value is -4.19. The number of aromatic amines is 1. The van der Waals surface area contributed by atoms with Crippen molar-refractivity contribution in [3.05, 3.63) is 89.0 Å². The average molecular weight is 576 g/mol. The Morgan fingerprint density at radius 3 is 2.37 bits per heavy atom. The third-order valence-corrected chi connectivity index (χ3v) is 9.23. The number of aryl methyl sites for hydroxylation is 2. The van der Waals surface area contributed by atoms with Gasteiger partial charge in [-0.25, -0.2) is 5.41 Å². The Kier molecular flexibility index (Phi) is 7.95. The molecule has 7 nitrogen and oxygen atoms in total. The molecular weight excluding hydrogens is 534 g/mol. The number of rotatable bonds is 10. The molecule has 2 bridgehead atoms. The fourth-order valence-corrected chi connectivity index (χ4v) is 7.07. The van der Waals surface area contributed by atoms with E-state index >= 15 is 0 Å². The van der Waals surface area contributed by atoms with E-state index in [1.54, 1.807) is 0 Å². The molecule has 3 heterocycles. The van der Waals surface area contributed by atoms with E-state index in [0.29, 0.717) is 30.8 Å². The van der Waals surface area contributed by atoms with Gasteiger partial charge in [0.25, 0.3) is 6.35 Å². The zero-order valence-electron chi connectivity index (χ0n) is 25.5. The number of H-pyrrole nitrogens is 1. The normalized spacial score (nSPS) is 18.6. The van der Waals surface area contributed by atoms with Crippen molar-refractivity contribution in [3.8, 4) is 17.0 Å². The summed E-state index contributed by atoms with van der Waals surface area (Å²) in [5.74, 6) is 0.917. The van der Waals surface area contributed by atoms with Gasteiger partial charge >= 0.3 is 0 Å². The predicted octanol–water partition coefficient (Wildman–Crippen LogP) is 7.13. The van der Waals surface area contributed by atoms with E-state index in [1.165, 1.54) is 16.7 Å². The topological polar surface area (TPSA) is 93.6 Å². The lowest BCUT2D eigenvalue weighted by Crippen LogP contribution is -2.45. The molecule has 1 atom stereocenters. The van der Waals surface area contributed by atoms with E-state index in [4.69, 9.17) is 10.1 Å². The van der Waals surface area contributed by atoms with Crippen LogP contribution in [0.3, 0.4) is 0 Å². The highest BCUT2D eigenvalue weighted by Gasteiger charge is 2.46. The van der Waals surface area contributed by atoms with E-state index in [9.17, 15) is 4.79 Å². The van der Waals surface area contributed by atoms with Gasteiger partial charge in [0.1, 0.15) is 5.75 Å². The molecule has 0 spiro atoms. The van der Waals surface area contributed by atoms with Crippen molar-refractivity contribution in [1.82, 2.24) is 15.2 Å². The lowest BCUT2D eigenvalue weighted by atomic mass is 9.82. The maximum absolute atomic E-state index is 14.0. The van der Waals surface area contributed by atoms with Gasteiger partial charge in [0.05, 0.1) is 11.4 Å². The minimum absolute atomic E-state index is 0.246. The number of nitrogens with zero attached hydrogens (tertiary/aromatic N) is 2. The summed E-state index contributed by atoms with van der Waals surface area (Å²) >= 11 is 0. The molecule has 1 aromatic heterocycles. The molecule has 2 fully saturated rings. The van der Waals surface area contributed by atoms with Crippen molar-refractivity contribution in [2.24, 2.45) is 4.99 Å². The van der Waals surface area contributed by atoms with Crippen LogP contribution in [0.25, 0.3) is 22.2 Å². The van der Waals surface area contributed by atoms with Gasteiger partial charge in [-0.15, -0.1) is 0 Å². The maximum Gasteiger partial charge on any atom is 0.256 e. The summed E-state index contributed by atoms with van der Waals surface area (Å²) in [4.78, 5) is 23.9. The Bertz CT molecular complexity index is 1640. The number of para-hydroxylation sites is 1. The van der Waals surface area contributed by atoms with Crippen molar-refractivity contribution in [1.29, 1.82) is 5.41 Å². The lowest BCUT2D eigenvalue weighted by Gasteiger charge is -2.33. The minimum atomic E-state index is -0.724. The molecule has 43 heavy (non-hydrogen) atoms. The molecule has 6 rings (SSSR count). The Morgan fingerprint density at radius 1 is 1.05 bits per heavy atom. The van der Waals surface area contributed by atoms with Gasteiger partial charge in [0.2, 0.25) is 5.91 Å². The standard InChI is InChI=1S/C36H41N5O2/c1-23-18-24(2)20-25(19-23)33-30(16-17-38-35(39-22-37)43-29-8-6-5-7-9-29)31-21-26(10-15-32(31)40-33)36(3,4)34(42)41-27-11-12-28(41)14-13-27/h5-10,15,18-21,27-28,35,37-38,40H,11-14,16-17H2,1-4H3. The number of amides is 1. The van der Waals surface area contributed by atoms with Crippen LogP contribution in [-0.4, -0.2) is 46.8 Å². The summed E-state index contributed by atoms with van der Waals surface area (Å²) in [5, 5.41) is 11.9. The summed E-state index contributed by atoms with van der Waals surface area (Å²) in [6.07, 6.45) is 4.51. The summed E-state index contributed by atoms with van der Waals surface area (Å²) in [6, 6.07) is 25.5. The summed E-state index contributed by atoms with van der Waals surface area (Å²) in [7, 11) is 0. The number of carbonyl (C=O) groups is 1. The number of aromatic nitrogens is 1. The fourth-order valence-electron chi connectivity index (χ4n) is 7.07. The van der Waals surface area contributed by atoms with Crippen molar-refractivity contribution in [2.45, 2.75) is 83.6 Å². The van der Waals surface area contributed by atoms with Gasteiger partial charge in [0, 0.05) is 35.2 Å². The zero-order chi connectivity index (χ0) is 30.1. The monoisotopic (exact) mass is 575 g/mol. The Morgan fingerprint density at radius 2 is 1.72 bits per heavy atom. The van der Waals surface area contributed by atoms with Crippen LogP contribution in [-0.2, 0) is 16.6 Å². The maximum atomic E-state index is 14.0. The largest absolute Gasteiger partial charge is 0.455 e. The molecule has 0 saturated carbocycles. The first-order valence-corrected chi connectivity index (χ1v) is 15.4. The first-order valence-electron chi connectivity index (χ1n) is 15.4. The van der Waals surface area contributed by atoms with Crippen LogP contribution >= 0.6 is 0 Å². The molecule has 0 aliphatic carbocycles. The second-order valence-electron chi connectivity index (χ2n) is 12.6. The van der Waals surface area contributed by atoms with Crippen molar-refractivity contribution < 1.29 is 9.53 Å². The molecule has 222 valence electrons.